The highest BCUT2D eigenvalue weighted by Crippen LogP contribution is 2.24. The summed E-state index contributed by atoms with van der Waals surface area (Å²) in [6.07, 6.45) is 3.05. The molecule has 4 heteroatoms. The van der Waals surface area contributed by atoms with E-state index in [1.54, 1.807) is 11.3 Å². The summed E-state index contributed by atoms with van der Waals surface area (Å²) in [5.74, 6) is 0.503. The molecule has 0 saturated carbocycles. The largest absolute Gasteiger partial charge is 0.319 e. The molecule has 0 aliphatic rings. The lowest BCUT2D eigenvalue weighted by Gasteiger charge is -2.16. The SMILES string of the molecule is CNCC(Cc1cnc(C)s1)c1ccc(Br)cc1. The second kappa shape index (κ2) is 6.45. The van der Waals surface area contributed by atoms with Gasteiger partial charge in [0, 0.05) is 28.0 Å². The molecule has 1 aromatic heterocycles. The van der Waals surface area contributed by atoms with Crippen molar-refractivity contribution in [2.75, 3.05) is 13.6 Å². The molecule has 0 spiro atoms. The highest BCUT2D eigenvalue weighted by molar-refractivity contribution is 9.10. The summed E-state index contributed by atoms with van der Waals surface area (Å²) in [7, 11) is 2.00. The van der Waals surface area contributed by atoms with Crippen LogP contribution in [-0.2, 0) is 6.42 Å². The minimum atomic E-state index is 0.503. The molecule has 0 amide bonds. The van der Waals surface area contributed by atoms with Crippen molar-refractivity contribution < 1.29 is 0 Å². The molecule has 0 aliphatic heterocycles. The highest BCUT2D eigenvalue weighted by atomic mass is 79.9. The average molecular weight is 325 g/mol. The number of halogens is 1. The van der Waals surface area contributed by atoms with Gasteiger partial charge in [-0.3, -0.25) is 0 Å². The second-order valence-electron chi connectivity index (χ2n) is 4.36. The van der Waals surface area contributed by atoms with Crippen LogP contribution in [0.15, 0.2) is 34.9 Å². The number of thiazole rings is 1. The normalized spacial score (nSPS) is 12.6. The van der Waals surface area contributed by atoms with E-state index in [-0.39, 0.29) is 0 Å². The van der Waals surface area contributed by atoms with Gasteiger partial charge in [0.2, 0.25) is 0 Å². The van der Waals surface area contributed by atoms with Crippen LogP contribution in [-0.4, -0.2) is 18.6 Å². The molecule has 96 valence electrons. The van der Waals surface area contributed by atoms with E-state index in [1.165, 1.54) is 10.4 Å². The zero-order valence-electron chi connectivity index (χ0n) is 10.6. The minimum Gasteiger partial charge on any atom is -0.319 e. The van der Waals surface area contributed by atoms with Gasteiger partial charge < -0.3 is 5.32 Å². The van der Waals surface area contributed by atoms with Gasteiger partial charge in [-0.05, 0) is 38.1 Å². The zero-order valence-corrected chi connectivity index (χ0v) is 13.0. The monoisotopic (exact) mass is 324 g/mol. The van der Waals surface area contributed by atoms with E-state index in [9.17, 15) is 0 Å². The topological polar surface area (TPSA) is 24.9 Å². The third kappa shape index (κ3) is 3.64. The van der Waals surface area contributed by atoms with Crippen LogP contribution in [0.2, 0.25) is 0 Å². The summed E-state index contributed by atoms with van der Waals surface area (Å²) in [6, 6.07) is 8.60. The summed E-state index contributed by atoms with van der Waals surface area (Å²) >= 11 is 5.27. The maximum Gasteiger partial charge on any atom is 0.0896 e. The number of hydrogen-bond acceptors (Lipinski definition) is 3. The molecule has 18 heavy (non-hydrogen) atoms. The lowest BCUT2D eigenvalue weighted by molar-refractivity contribution is 0.629. The summed E-state index contributed by atoms with van der Waals surface area (Å²) in [5.41, 5.74) is 1.37. The Labute approximate surface area is 121 Å². The van der Waals surface area contributed by atoms with E-state index in [0.717, 1.165) is 22.4 Å². The first-order valence-corrected chi connectivity index (χ1v) is 7.61. The Balaban J connectivity index is 2.14. The van der Waals surface area contributed by atoms with Crippen molar-refractivity contribution in [1.29, 1.82) is 0 Å². The number of benzene rings is 1. The molecule has 2 rings (SSSR count). The number of nitrogens with zero attached hydrogens (tertiary/aromatic N) is 1. The molecule has 0 fully saturated rings. The molecular formula is C14H17BrN2S. The number of nitrogens with one attached hydrogen (secondary N) is 1. The highest BCUT2D eigenvalue weighted by Gasteiger charge is 2.13. The van der Waals surface area contributed by atoms with E-state index in [2.05, 4.69) is 57.4 Å². The molecule has 1 heterocycles. The van der Waals surface area contributed by atoms with Gasteiger partial charge in [0.1, 0.15) is 0 Å². The first-order chi connectivity index (χ1) is 8.69. The number of aromatic nitrogens is 1. The summed E-state index contributed by atoms with van der Waals surface area (Å²) in [6.45, 7) is 3.04. The van der Waals surface area contributed by atoms with Crippen LogP contribution < -0.4 is 5.32 Å². The Bertz CT molecular complexity index is 493. The van der Waals surface area contributed by atoms with Gasteiger partial charge in [-0.15, -0.1) is 11.3 Å². The lowest BCUT2D eigenvalue weighted by atomic mass is 9.95. The van der Waals surface area contributed by atoms with Crippen LogP contribution in [0.4, 0.5) is 0 Å². The average Bonchev–Trinajstić information content (AvgIpc) is 2.75. The maximum absolute atomic E-state index is 4.33. The first-order valence-electron chi connectivity index (χ1n) is 6.00. The first kappa shape index (κ1) is 13.7. The number of likely N-dealkylation sites (N-methyl/N-ethyl adjacent to an activating group) is 1. The van der Waals surface area contributed by atoms with Gasteiger partial charge in [0.15, 0.2) is 0 Å². The van der Waals surface area contributed by atoms with Crippen LogP contribution >= 0.6 is 27.3 Å². The van der Waals surface area contributed by atoms with Crippen LogP contribution in [0, 0.1) is 6.92 Å². The molecule has 1 aromatic carbocycles. The summed E-state index contributed by atoms with van der Waals surface area (Å²) in [4.78, 5) is 5.69. The Morgan fingerprint density at radius 3 is 2.61 bits per heavy atom. The van der Waals surface area contributed by atoms with E-state index in [0.29, 0.717) is 5.92 Å². The van der Waals surface area contributed by atoms with Gasteiger partial charge in [-0.2, -0.15) is 0 Å². The Morgan fingerprint density at radius 1 is 1.33 bits per heavy atom. The molecule has 1 atom stereocenters. The second-order valence-corrected chi connectivity index (χ2v) is 6.59. The number of rotatable bonds is 5. The molecule has 0 radical (unpaired) electrons. The van der Waals surface area contributed by atoms with Crippen LogP contribution in [0.25, 0.3) is 0 Å². The fraction of sp³-hybridized carbons (Fsp3) is 0.357. The predicted molar refractivity (Wildman–Crippen MR) is 81.4 cm³/mol. The third-order valence-corrected chi connectivity index (χ3v) is 4.37. The lowest BCUT2D eigenvalue weighted by Crippen LogP contribution is -2.18. The third-order valence-electron chi connectivity index (χ3n) is 2.91. The van der Waals surface area contributed by atoms with E-state index >= 15 is 0 Å². The molecule has 0 saturated heterocycles. The summed E-state index contributed by atoms with van der Waals surface area (Å²) in [5, 5.41) is 4.42. The molecular weight excluding hydrogens is 308 g/mol. The molecule has 0 bridgehead atoms. The van der Waals surface area contributed by atoms with Crippen LogP contribution in [0.1, 0.15) is 21.4 Å². The van der Waals surface area contributed by atoms with Crippen molar-refractivity contribution in [1.82, 2.24) is 10.3 Å². The number of aryl methyl sites for hydroxylation is 1. The molecule has 2 aromatic rings. The molecule has 2 nitrogen and oxygen atoms in total. The quantitative estimate of drug-likeness (QED) is 0.905. The van der Waals surface area contributed by atoms with E-state index < -0.39 is 0 Å². The van der Waals surface area contributed by atoms with Gasteiger partial charge in [0.25, 0.3) is 0 Å². The molecule has 1 unspecified atom stereocenters. The van der Waals surface area contributed by atoms with Gasteiger partial charge >= 0.3 is 0 Å². The van der Waals surface area contributed by atoms with Crippen LogP contribution in [0.5, 0.6) is 0 Å². The Morgan fingerprint density at radius 2 is 2.06 bits per heavy atom. The van der Waals surface area contributed by atoms with E-state index in [4.69, 9.17) is 0 Å². The van der Waals surface area contributed by atoms with Crippen molar-refractivity contribution in [2.24, 2.45) is 0 Å². The van der Waals surface area contributed by atoms with Gasteiger partial charge in [0.05, 0.1) is 5.01 Å². The fourth-order valence-electron chi connectivity index (χ4n) is 2.03. The van der Waals surface area contributed by atoms with Gasteiger partial charge in [-0.1, -0.05) is 28.1 Å². The summed E-state index contributed by atoms with van der Waals surface area (Å²) < 4.78 is 1.13. The van der Waals surface area contributed by atoms with Gasteiger partial charge in [-0.25, -0.2) is 4.98 Å². The Hall–Kier alpha value is -0.710. The van der Waals surface area contributed by atoms with Crippen LogP contribution in [0.3, 0.4) is 0 Å². The smallest absolute Gasteiger partial charge is 0.0896 e. The van der Waals surface area contributed by atoms with Crippen molar-refractivity contribution >= 4 is 27.3 Å². The maximum atomic E-state index is 4.33. The fourth-order valence-corrected chi connectivity index (χ4v) is 3.17. The van der Waals surface area contributed by atoms with E-state index in [1.807, 2.05) is 13.2 Å². The standard InChI is InChI=1S/C14H17BrN2S/c1-10-17-9-14(18-10)7-12(8-16-2)11-3-5-13(15)6-4-11/h3-6,9,12,16H,7-8H2,1-2H3. The van der Waals surface area contributed by atoms with Crippen molar-refractivity contribution in [3.63, 3.8) is 0 Å². The number of hydrogen-bond donors (Lipinski definition) is 1. The predicted octanol–water partition coefficient (Wildman–Crippen LogP) is 3.76. The minimum absolute atomic E-state index is 0.503. The van der Waals surface area contributed by atoms with Crippen molar-refractivity contribution in [3.8, 4) is 0 Å². The Kier molecular flexibility index (Phi) is 4.92. The zero-order chi connectivity index (χ0) is 13.0. The van der Waals surface area contributed by atoms with Crippen molar-refractivity contribution in [2.45, 2.75) is 19.3 Å². The molecule has 0 aliphatic carbocycles. The van der Waals surface area contributed by atoms with Crippen molar-refractivity contribution in [3.05, 3.63) is 50.4 Å². The molecule has 1 N–H and O–H groups in total.